The molecular formula is C20H30F2N4O2. The van der Waals surface area contributed by atoms with Crippen LogP contribution in [0.4, 0.5) is 14.5 Å². The van der Waals surface area contributed by atoms with E-state index in [0.29, 0.717) is 25.2 Å². The van der Waals surface area contributed by atoms with E-state index in [1.54, 1.807) is 7.05 Å². The molecule has 0 amide bonds. The van der Waals surface area contributed by atoms with Gasteiger partial charge >= 0.3 is 5.97 Å². The molecule has 0 spiro atoms. The van der Waals surface area contributed by atoms with Crippen LogP contribution < -0.4 is 15.5 Å². The Labute approximate surface area is 165 Å². The second kappa shape index (κ2) is 11.5. The zero-order chi connectivity index (χ0) is 20.4. The predicted molar refractivity (Wildman–Crippen MR) is 107 cm³/mol. The van der Waals surface area contributed by atoms with Crippen LogP contribution in [-0.2, 0) is 9.53 Å². The lowest BCUT2D eigenvalue weighted by Gasteiger charge is -2.21. The summed E-state index contributed by atoms with van der Waals surface area (Å²) in [5.74, 6) is -0.532. The molecule has 0 bridgehead atoms. The maximum absolute atomic E-state index is 14.0. The number of rotatable bonds is 9. The van der Waals surface area contributed by atoms with Gasteiger partial charge in [-0.25, -0.2) is 8.78 Å². The second-order valence-corrected chi connectivity index (χ2v) is 6.91. The molecular weight excluding hydrogens is 366 g/mol. The summed E-state index contributed by atoms with van der Waals surface area (Å²) in [6.07, 6.45) is 5.17. The van der Waals surface area contributed by atoms with Crippen molar-refractivity contribution in [3.8, 4) is 0 Å². The van der Waals surface area contributed by atoms with E-state index in [2.05, 4.69) is 20.4 Å². The first-order chi connectivity index (χ1) is 13.5. The Kier molecular flexibility index (Phi) is 8.97. The molecule has 2 N–H and O–H groups in total. The average Bonchev–Trinajstić information content (AvgIpc) is 3.14. The lowest BCUT2D eigenvalue weighted by Crippen LogP contribution is -2.44. The number of carbonyl (C=O) groups is 1. The van der Waals surface area contributed by atoms with Gasteiger partial charge in [-0.05, 0) is 31.4 Å². The maximum atomic E-state index is 14.0. The fraction of sp³-hybridized carbons (Fsp3) is 0.600. The highest BCUT2D eigenvalue weighted by Crippen LogP contribution is 2.24. The van der Waals surface area contributed by atoms with Crippen molar-refractivity contribution in [3.05, 3.63) is 29.8 Å². The van der Waals surface area contributed by atoms with Crippen molar-refractivity contribution in [2.75, 3.05) is 38.7 Å². The van der Waals surface area contributed by atoms with Gasteiger partial charge < -0.3 is 20.3 Å². The minimum absolute atomic E-state index is 0.149. The number of nitrogens with zero attached hydrogens (tertiary/aromatic N) is 2. The summed E-state index contributed by atoms with van der Waals surface area (Å²) in [6, 6.07) is 3.84. The predicted octanol–water partition coefficient (Wildman–Crippen LogP) is 2.83. The van der Waals surface area contributed by atoms with Crippen molar-refractivity contribution in [2.45, 2.75) is 44.6 Å². The summed E-state index contributed by atoms with van der Waals surface area (Å²) in [5, 5.41) is 6.65. The Bertz CT molecular complexity index is 670. The van der Waals surface area contributed by atoms with E-state index in [0.717, 1.165) is 50.7 Å². The number of hydrogen-bond acceptors (Lipinski definition) is 4. The van der Waals surface area contributed by atoms with Crippen molar-refractivity contribution < 1.29 is 18.3 Å². The number of unbranched alkanes of at least 4 members (excludes halogenated alkanes) is 3. The monoisotopic (exact) mass is 396 g/mol. The van der Waals surface area contributed by atoms with Gasteiger partial charge in [-0.15, -0.1) is 0 Å². The molecule has 0 radical (unpaired) electrons. The van der Waals surface area contributed by atoms with Gasteiger partial charge in [0, 0.05) is 45.2 Å². The molecule has 0 aromatic heterocycles. The molecule has 1 aromatic carbocycles. The van der Waals surface area contributed by atoms with Crippen molar-refractivity contribution >= 4 is 17.6 Å². The van der Waals surface area contributed by atoms with Crippen LogP contribution in [0, 0.1) is 11.6 Å². The number of methoxy groups -OCH3 is 1. The largest absolute Gasteiger partial charge is 0.469 e. The van der Waals surface area contributed by atoms with Crippen LogP contribution in [0.25, 0.3) is 0 Å². The highest BCUT2D eigenvalue weighted by Gasteiger charge is 2.25. The molecule has 28 heavy (non-hydrogen) atoms. The summed E-state index contributed by atoms with van der Waals surface area (Å²) in [5.41, 5.74) is 0.431. The third kappa shape index (κ3) is 6.98. The van der Waals surface area contributed by atoms with Gasteiger partial charge in [0.15, 0.2) is 5.96 Å². The first-order valence-corrected chi connectivity index (χ1v) is 9.77. The molecule has 1 unspecified atom stereocenters. The number of hydrogen-bond donors (Lipinski definition) is 2. The molecule has 6 nitrogen and oxygen atoms in total. The van der Waals surface area contributed by atoms with Gasteiger partial charge in [-0.3, -0.25) is 9.79 Å². The first-order valence-electron chi connectivity index (χ1n) is 9.77. The van der Waals surface area contributed by atoms with Crippen molar-refractivity contribution in [1.82, 2.24) is 10.6 Å². The summed E-state index contributed by atoms with van der Waals surface area (Å²) < 4.78 is 31.7. The highest BCUT2D eigenvalue weighted by molar-refractivity contribution is 5.80. The molecule has 1 aliphatic rings. The first kappa shape index (κ1) is 21.9. The molecule has 1 heterocycles. The Balaban J connectivity index is 1.66. The van der Waals surface area contributed by atoms with Crippen LogP contribution in [0.2, 0.25) is 0 Å². The van der Waals surface area contributed by atoms with Crippen molar-refractivity contribution in [2.24, 2.45) is 4.99 Å². The van der Waals surface area contributed by atoms with Gasteiger partial charge in [0.25, 0.3) is 0 Å². The van der Waals surface area contributed by atoms with E-state index in [4.69, 9.17) is 0 Å². The van der Waals surface area contributed by atoms with Crippen LogP contribution in [0.3, 0.4) is 0 Å². The second-order valence-electron chi connectivity index (χ2n) is 6.91. The molecule has 1 aliphatic heterocycles. The third-order valence-corrected chi connectivity index (χ3v) is 4.83. The Morgan fingerprint density at radius 2 is 2.07 bits per heavy atom. The molecule has 156 valence electrons. The minimum Gasteiger partial charge on any atom is -0.469 e. The number of nitrogens with one attached hydrogen (secondary N) is 2. The third-order valence-electron chi connectivity index (χ3n) is 4.83. The standard InChI is InChI=1S/C20H30F2N4O2/c1-23-20(24-11-6-4-3-5-7-19(27)28-2)25-16-10-12-26(14-16)18-9-8-15(21)13-17(18)22/h8-9,13,16H,3-7,10-12,14H2,1-2H3,(H2,23,24,25). The van der Waals surface area contributed by atoms with Gasteiger partial charge in [0.05, 0.1) is 12.8 Å². The summed E-state index contributed by atoms with van der Waals surface area (Å²) in [7, 11) is 3.13. The zero-order valence-corrected chi connectivity index (χ0v) is 16.6. The van der Waals surface area contributed by atoms with Gasteiger partial charge in [-0.2, -0.15) is 0 Å². The molecule has 1 fully saturated rings. The Hall–Kier alpha value is -2.38. The molecule has 0 saturated carbocycles. The van der Waals surface area contributed by atoms with Crippen LogP contribution in [0.5, 0.6) is 0 Å². The molecule has 1 aromatic rings. The van der Waals surface area contributed by atoms with Crippen molar-refractivity contribution in [3.63, 3.8) is 0 Å². The number of benzene rings is 1. The zero-order valence-electron chi connectivity index (χ0n) is 16.6. The highest BCUT2D eigenvalue weighted by atomic mass is 19.1. The number of halogens is 2. The minimum atomic E-state index is -0.565. The maximum Gasteiger partial charge on any atom is 0.305 e. The van der Waals surface area contributed by atoms with Gasteiger partial charge in [-0.1, -0.05) is 12.8 Å². The summed E-state index contributed by atoms with van der Waals surface area (Å²) in [4.78, 5) is 17.2. The van der Waals surface area contributed by atoms with E-state index >= 15 is 0 Å². The molecule has 1 saturated heterocycles. The average molecular weight is 396 g/mol. The fourth-order valence-corrected chi connectivity index (χ4v) is 3.28. The summed E-state index contributed by atoms with van der Waals surface area (Å²) >= 11 is 0. The van der Waals surface area contributed by atoms with E-state index < -0.39 is 11.6 Å². The number of aliphatic imine (C=N–C) groups is 1. The lowest BCUT2D eigenvalue weighted by molar-refractivity contribution is -0.140. The quantitative estimate of drug-likeness (QED) is 0.291. The molecule has 8 heteroatoms. The number of carbonyl (C=O) groups excluding carboxylic acids is 1. The van der Waals surface area contributed by atoms with E-state index in [1.165, 1.54) is 19.2 Å². The SMILES string of the molecule is CN=C(NCCCCCCC(=O)OC)NC1CCN(c2ccc(F)cc2F)C1. The molecule has 2 rings (SSSR count). The Morgan fingerprint density at radius 1 is 1.29 bits per heavy atom. The van der Waals surface area contributed by atoms with Crippen LogP contribution >= 0.6 is 0 Å². The lowest BCUT2D eigenvalue weighted by atomic mass is 10.1. The number of anilines is 1. The normalized spacial score (nSPS) is 16.9. The fourth-order valence-electron chi connectivity index (χ4n) is 3.28. The van der Waals surface area contributed by atoms with E-state index in [-0.39, 0.29) is 12.0 Å². The van der Waals surface area contributed by atoms with Gasteiger partial charge in [0.1, 0.15) is 11.6 Å². The van der Waals surface area contributed by atoms with Crippen molar-refractivity contribution in [1.29, 1.82) is 0 Å². The Morgan fingerprint density at radius 3 is 2.79 bits per heavy atom. The van der Waals surface area contributed by atoms with E-state index in [1.807, 2.05) is 4.90 Å². The van der Waals surface area contributed by atoms with Crippen LogP contribution in [-0.4, -0.2) is 51.8 Å². The van der Waals surface area contributed by atoms with Gasteiger partial charge in [0.2, 0.25) is 0 Å². The smallest absolute Gasteiger partial charge is 0.305 e. The van der Waals surface area contributed by atoms with Crippen LogP contribution in [0.1, 0.15) is 38.5 Å². The summed E-state index contributed by atoms with van der Waals surface area (Å²) in [6.45, 7) is 2.13. The number of guanidine groups is 1. The van der Waals surface area contributed by atoms with Crippen LogP contribution in [0.15, 0.2) is 23.2 Å². The molecule has 1 atom stereocenters. The number of ether oxygens (including phenoxy) is 1. The topological polar surface area (TPSA) is 66.0 Å². The van der Waals surface area contributed by atoms with E-state index in [9.17, 15) is 13.6 Å². The number of esters is 1. The molecule has 0 aliphatic carbocycles.